The predicted molar refractivity (Wildman–Crippen MR) is 131 cm³/mol. The molecule has 0 atom stereocenters. The van der Waals surface area contributed by atoms with Crippen LogP contribution in [0.4, 0.5) is 0 Å². The lowest BCUT2D eigenvalue weighted by Gasteiger charge is -2.13. The largest absolute Gasteiger partial charge is 0.497 e. The molecule has 1 fully saturated rings. The molecule has 3 rings (SSSR count). The first-order chi connectivity index (χ1) is 14.9. The molecule has 162 valence electrons. The van der Waals surface area contributed by atoms with Gasteiger partial charge < -0.3 is 14.2 Å². The highest BCUT2D eigenvalue weighted by atomic mass is 35.5. The monoisotopic (exact) mass is 495 g/mol. The van der Waals surface area contributed by atoms with Gasteiger partial charge in [-0.15, -0.1) is 6.58 Å². The zero-order chi connectivity index (χ0) is 22.4. The van der Waals surface area contributed by atoms with E-state index in [9.17, 15) is 4.79 Å². The van der Waals surface area contributed by atoms with Crippen LogP contribution < -0.4 is 14.2 Å². The maximum Gasteiger partial charge on any atom is 0.266 e. The number of rotatable bonds is 9. The third-order valence-corrected chi connectivity index (χ3v) is 6.04. The van der Waals surface area contributed by atoms with Crippen LogP contribution in [-0.2, 0) is 4.79 Å². The standard InChI is InChI=1S/C22H19Cl2NO4S2/c1-3-8-25-21(26)19(31-22(25)30)12-14-11-15(23)13-18(24)20(14)29-10-9-28-17-6-4-16(27-2)5-7-17/h3-7,11-13H,1,8-10H2,2H3/b19-12+. The number of thioether (sulfide) groups is 1. The number of thiocarbonyl (C=S) groups is 1. The molecule has 0 aromatic heterocycles. The average molecular weight is 496 g/mol. The zero-order valence-corrected chi connectivity index (χ0v) is 19.7. The quantitative estimate of drug-likeness (QED) is 0.188. The maximum absolute atomic E-state index is 12.6. The Bertz CT molecular complexity index is 1020. The first kappa shape index (κ1) is 23.5. The van der Waals surface area contributed by atoms with Gasteiger partial charge in [-0.25, -0.2) is 0 Å². The van der Waals surface area contributed by atoms with Crippen molar-refractivity contribution < 1.29 is 19.0 Å². The number of carbonyl (C=O) groups excluding carboxylic acids is 1. The Balaban J connectivity index is 1.72. The second-order valence-corrected chi connectivity index (χ2v) is 8.78. The van der Waals surface area contributed by atoms with E-state index < -0.39 is 0 Å². The van der Waals surface area contributed by atoms with Crippen molar-refractivity contribution in [3.05, 3.63) is 69.6 Å². The summed E-state index contributed by atoms with van der Waals surface area (Å²) in [5, 5.41) is 0.768. The fourth-order valence-corrected chi connectivity index (χ4v) is 4.57. The molecule has 1 amide bonds. The molecule has 0 bridgehead atoms. The van der Waals surface area contributed by atoms with Gasteiger partial charge in [-0.3, -0.25) is 9.69 Å². The van der Waals surface area contributed by atoms with E-state index in [1.807, 2.05) is 24.3 Å². The summed E-state index contributed by atoms with van der Waals surface area (Å²) in [5.41, 5.74) is 0.584. The summed E-state index contributed by atoms with van der Waals surface area (Å²) < 4.78 is 17.1. The van der Waals surface area contributed by atoms with Crippen molar-refractivity contribution in [2.24, 2.45) is 0 Å². The van der Waals surface area contributed by atoms with Crippen molar-refractivity contribution in [1.82, 2.24) is 4.90 Å². The molecule has 1 aliphatic heterocycles. The van der Waals surface area contributed by atoms with Gasteiger partial charge in [0, 0.05) is 17.1 Å². The van der Waals surface area contributed by atoms with E-state index in [-0.39, 0.29) is 12.5 Å². The molecule has 0 aliphatic carbocycles. The molecule has 2 aromatic carbocycles. The van der Waals surface area contributed by atoms with E-state index in [0.717, 1.165) is 5.75 Å². The molecule has 9 heteroatoms. The molecule has 0 saturated carbocycles. The summed E-state index contributed by atoms with van der Waals surface area (Å²) in [6.45, 7) is 4.55. The van der Waals surface area contributed by atoms with Crippen LogP contribution in [0.3, 0.4) is 0 Å². The Kier molecular flexibility index (Phi) is 8.26. The molecule has 0 N–H and O–H groups in total. The lowest BCUT2D eigenvalue weighted by molar-refractivity contribution is -0.121. The van der Waals surface area contributed by atoms with Crippen LogP contribution in [0.15, 0.2) is 54.0 Å². The van der Waals surface area contributed by atoms with Crippen LogP contribution in [0.1, 0.15) is 5.56 Å². The van der Waals surface area contributed by atoms with Gasteiger partial charge in [0.1, 0.15) is 34.8 Å². The molecule has 2 aromatic rings. The highest BCUT2D eigenvalue weighted by molar-refractivity contribution is 8.26. The minimum absolute atomic E-state index is 0.195. The lowest BCUT2D eigenvalue weighted by atomic mass is 10.1. The summed E-state index contributed by atoms with van der Waals surface area (Å²) >= 11 is 19.0. The smallest absolute Gasteiger partial charge is 0.266 e. The molecule has 0 spiro atoms. The van der Waals surface area contributed by atoms with Crippen LogP contribution in [-0.4, -0.2) is 42.0 Å². The van der Waals surface area contributed by atoms with Crippen LogP contribution >= 0.6 is 47.2 Å². The van der Waals surface area contributed by atoms with E-state index in [4.69, 9.17) is 49.6 Å². The molecular formula is C22H19Cl2NO4S2. The first-order valence-electron chi connectivity index (χ1n) is 9.18. The number of halogens is 2. The first-order valence-corrected chi connectivity index (χ1v) is 11.2. The van der Waals surface area contributed by atoms with Crippen molar-refractivity contribution in [1.29, 1.82) is 0 Å². The molecule has 1 aliphatic rings. The van der Waals surface area contributed by atoms with Crippen LogP contribution in [0.2, 0.25) is 10.0 Å². The van der Waals surface area contributed by atoms with Gasteiger partial charge >= 0.3 is 0 Å². The summed E-state index contributed by atoms with van der Waals surface area (Å²) in [6.07, 6.45) is 3.31. The fraction of sp³-hybridized carbons (Fsp3) is 0.182. The zero-order valence-electron chi connectivity index (χ0n) is 16.6. The summed E-state index contributed by atoms with van der Waals surface area (Å²) in [6, 6.07) is 10.5. The number of carbonyl (C=O) groups is 1. The van der Waals surface area contributed by atoms with Crippen LogP contribution in [0, 0.1) is 0 Å². The number of nitrogens with zero attached hydrogens (tertiary/aromatic N) is 1. The maximum atomic E-state index is 12.6. The van der Waals surface area contributed by atoms with Gasteiger partial charge in [-0.2, -0.15) is 0 Å². The lowest BCUT2D eigenvalue weighted by Crippen LogP contribution is -2.27. The second kappa shape index (κ2) is 10.9. The normalized spacial score (nSPS) is 14.8. The van der Waals surface area contributed by atoms with Gasteiger partial charge in [0.15, 0.2) is 0 Å². The van der Waals surface area contributed by atoms with E-state index in [1.54, 1.807) is 31.4 Å². The highest BCUT2D eigenvalue weighted by Crippen LogP contribution is 2.38. The van der Waals surface area contributed by atoms with Crippen LogP contribution in [0.25, 0.3) is 6.08 Å². The number of hydrogen-bond donors (Lipinski definition) is 0. The molecule has 5 nitrogen and oxygen atoms in total. The van der Waals surface area contributed by atoms with Gasteiger partial charge in [0.25, 0.3) is 5.91 Å². The summed E-state index contributed by atoms with van der Waals surface area (Å²) in [4.78, 5) is 14.6. The second-order valence-electron chi connectivity index (χ2n) is 6.26. The Morgan fingerprint density at radius 1 is 1.13 bits per heavy atom. The van der Waals surface area contributed by atoms with Gasteiger partial charge in [-0.05, 0) is 42.5 Å². The molecular weight excluding hydrogens is 477 g/mol. The molecule has 0 unspecified atom stereocenters. The SMILES string of the molecule is C=CCN1C(=O)/C(=C\c2cc(Cl)cc(Cl)c2OCCOc2ccc(OC)cc2)SC1=S. The van der Waals surface area contributed by atoms with Gasteiger partial charge in [0.05, 0.1) is 17.0 Å². The minimum Gasteiger partial charge on any atom is -0.497 e. The Labute approximate surface area is 200 Å². The number of benzene rings is 2. The van der Waals surface area contributed by atoms with E-state index in [0.29, 0.717) is 49.5 Å². The average Bonchev–Trinajstić information content (AvgIpc) is 3.00. The third kappa shape index (κ3) is 5.95. The van der Waals surface area contributed by atoms with E-state index in [1.165, 1.54) is 16.7 Å². The van der Waals surface area contributed by atoms with Crippen molar-refractivity contribution in [3.8, 4) is 17.2 Å². The third-order valence-electron chi connectivity index (χ3n) is 4.17. The number of methoxy groups -OCH3 is 1. The van der Waals surface area contributed by atoms with Gasteiger partial charge in [0.2, 0.25) is 0 Å². The minimum atomic E-state index is -0.195. The van der Waals surface area contributed by atoms with Crippen molar-refractivity contribution in [2.45, 2.75) is 0 Å². The molecule has 31 heavy (non-hydrogen) atoms. The molecule has 0 radical (unpaired) electrons. The van der Waals surface area contributed by atoms with Crippen molar-refractivity contribution >= 4 is 63.5 Å². The summed E-state index contributed by atoms with van der Waals surface area (Å²) in [5.74, 6) is 1.66. The fourth-order valence-electron chi connectivity index (χ4n) is 2.74. The molecule has 1 heterocycles. The van der Waals surface area contributed by atoms with Gasteiger partial charge in [-0.1, -0.05) is 53.3 Å². The van der Waals surface area contributed by atoms with E-state index >= 15 is 0 Å². The molecule has 1 saturated heterocycles. The van der Waals surface area contributed by atoms with Crippen molar-refractivity contribution in [2.75, 3.05) is 26.9 Å². The number of amides is 1. The van der Waals surface area contributed by atoms with E-state index in [2.05, 4.69) is 6.58 Å². The number of hydrogen-bond acceptors (Lipinski definition) is 6. The Morgan fingerprint density at radius 2 is 1.81 bits per heavy atom. The summed E-state index contributed by atoms with van der Waals surface area (Å²) in [7, 11) is 1.61. The topological polar surface area (TPSA) is 48.0 Å². The van der Waals surface area contributed by atoms with Crippen LogP contribution in [0.5, 0.6) is 17.2 Å². The highest BCUT2D eigenvalue weighted by Gasteiger charge is 2.31. The Morgan fingerprint density at radius 3 is 2.48 bits per heavy atom. The number of ether oxygens (including phenoxy) is 3. The van der Waals surface area contributed by atoms with Crippen molar-refractivity contribution in [3.63, 3.8) is 0 Å². The predicted octanol–water partition coefficient (Wildman–Crippen LogP) is 5.85. The Hall–Kier alpha value is -2.19.